The van der Waals surface area contributed by atoms with Gasteiger partial charge >= 0.3 is 0 Å². The van der Waals surface area contributed by atoms with Gasteiger partial charge in [-0.2, -0.15) is 5.10 Å². The number of hydrogen-bond acceptors (Lipinski definition) is 3. The summed E-state index contributed by atoms with van der Waals surface area (Å²) in [5.41, 5.74) is 2.50. The van der Waals surface area contributed by atoms with Gasteiger partial charge in [0.05, 0.1) is 11.2 Å². The highest BCUT2D eigenvalue weighted by atomic mass is 16.1. The predicted octanol–water partition coefficient (Wildman–Crippen LogP) is 3.08. The van der Waals surface area contributed by atoms with Gasteiger partial charge in [0.1, 0.15) is 12.7 Å². The summed E-state index contributed by atoms with van der Waals surface area (Å²) in [5.74, 6) is -0.0382. The summed E-state index contributed by atoms with van der Waals surface area (Å²) >= 11 is 0. The van der Waals surface area contributed by atoms with Gasteiger partial charge in [-0.05, 0) is 49.1 Å². The summed E-state index contributed by atoms with van der Waals surface area (Å²) in [6.07, 6.45) is 6.23. The van der Waals surface area contributed by atoms with Crippen LogP contribution in [0.15, 0.2) is 67.3 Å². The zero-order chi connectivity index (χ0) is 16.4. The topological polar surface area (TPSA) is 59.8 Å². The van der Waals surface area contributed by atoms with E-state index in [4.69, 9.17) is 0 Å². The number of carbonyl (C=O) groups excluding carboxylic acids is 1. The second-order valence-corrected chi connectivity index (χ2v) is 6.14. The van der Waals surface area contributed by atoms with Gasteiger partial charge in [-0.15, -0.1) is 0 Å². The highest BCUT2D eigenvalue weighted by molar-refractivity contribution is 5.95. The molecule has 5 heteroatoms. The van der Waals surface area contributed by atoms with Crippen molar-refractivity contribution in [2.45, 2.75) is 24.8 Å². The van der Waals surface area contributed by atoms with Gasteiger partial charge in [0.25, 0.3) is 5.91 Å². The number of rotatable bonds is 4. The van der Waals surface area contributed by atoms with Crippen molar-refractivity contribution in [3.05, 3.63) is 78.4 Å². The Morgan fingerprint density at radius 3 is 2.38 bits per heavy atom. The molecule has 4 rings (SSSR count). The van der Waals surface area contributed by atoms with Crippen LogP contribution in [0.25, 0.3) is 5.69 Å². The average Bonchev–Trinajstić information content (AvgIpc) is 3.13. The molecular formula is C19H18N4O. The fraction of sp³-hybridized carbons (Fsp3) is 0.211. The van der Waals surface area contributed by atoms with Gasteiger partial charge in [0, 0.05) is 5.56 Å². The third kappa shape index (κ3) is 2.58. The maximum Gasteiger partial charge on any atom is 0.251 e. The standard InChI is InChI=1S/C19H18N4O/c24-18(15-7-9-17(10-8-15)23-14-20-13-21-23)22-19(11-4-12-19)16-5-2-1-3-6-16/h1-3,5-10,13-14H,4,11-12H2,(H,22,24). The Hall–Kier alpha value is -2.95. The number of nitrogens with one attached hydrogen (secondary N) is 1. The summed E-state index contributed by atoms with van der Waals surface area (Å²) < 4.78 is 1.67. The molecule has 2 aromatic carbocycles. The molecule has 0 saturated heterocycles. The molecule has 0 bridgehead atoms. The first-order chi connectivity index (χ1) is 11.8. The summed E-state index contributed by atoms with van der Waals surface area (Å²) in [7, 11) is 0. The van der Waals surface area contributed by atoms with E-state index in [9.17, 15) is 4.79 Å². The molecule has 1 aliphatic rings. The second-order valence-electron chi connectivity index (χ2n) is 6.14. The van der Waals surface area contributed by atoms with Gasteiger partial charge in [0.2, 0.25) is 0 Å². The number of amides is 1. The van der Waals surface area contributed by atoms with Gasteiger partial charge in [0.15, 0.2) is 0 Å². The molecule has 1 aliphatic carbocycles. The second kappa shape index (κ2) is 5.92. The van der Waals surface area contributed by atoms with E-state index in [2.05, 4.69) is 27.5 Å². The average molecular weight is 318 g/mol. The van der Waals surface area contributed by atoms with Crippen molar-refractivity contribution >= 4 is 5.91 Å². The van der Waals surface area contributed by atoms with Crippen LogP contribution in [0, 0.1) is 0 Å². The summed E-state index contributed by atoms with van der Waals surface area (Å²) in [5, 5.41) is 7.33. The molecule has 1 heterocycles. The highest BCUT2D eigenvalue weighted by Crippen LogP contribution is 2.41. The quantitative estimate of drug-likeness (QED) is 0.804. The van der Waals surface area contributed by atoms with E-state index in [1.165, 1.54) is 11.9 Å². The molecule has 0 spiro atoms. The van der Waals surface area contributed by atoms with Gasteiger partial charge in [-0.1, -0.05) is 30.3 Å². The monoisotopic (exact) mass is 318 g/mol. The lowest BCUT2D eigenvalue weighted by Crippen LogP contribution is -2.50. The van der Waals surface area contributed by atoms with Crippen LogP contribution in [0.2, 0.25) is 0 Å². The minimum absolute atomic E-state index is 0.0382. The van der Waals surface area contributed by atoms with Crippen LogP contribution < -0.4 is 5.32 Å². The van der Waals surface area contributed by atoms with Crippen LogP contribution >= 0.6 is 0 Å². The van der Waals surface area contributed by atoms with E-state index < -0.39 is 0 Å². The normalized spacial score (nSPS) is 15.5. The van der Waals surface area contributed by atoms with E-state index in [1.807, 2.05) is 42.5 Å². The van der Waals surface area contributed by atoms with Crippen LogP contribution in [0.1, 0.15) is 35.2 Å². The lowest BCUT2D eigenvalue weighted by atomic mass is 9.71. The van der Waals surface area contributed by atoms with Crippen molar-refractivity contribution in [2.75, 3.05) is 0 Å². The van der Waals surface area contributed by atoms with Crippen LogP contribution in [0.4, 0.5) is 0 Å². The van der Waals surface area contributed by atoms with E-state index in [1.54, 1.807) is 11.0 Å². The molecule has 0 radical (unpaired) electrons. The minimum Gasteiger partial charge on any atom is -0.343 e. The molecule has 0 atom stereocenters. The minimum atomic E-state index is -0.219. The zero-order valence-electron chi connectivity index (χ0n) is 13.2. The molecule has 1 aromatic heterocycles. The first-order valence-electron chi connectivity index (χ1n) is 8.10. The maximum atomic E-state index is 12.7. The van der Waals surface area contributed by atoms with Crippen molar-refractivity contribution < 1.29 is 4.79 Å². The molecule has 3 aromatic rings. The Kier molecular flexibility index (Phi) is 3.61. The van der Waals surface area contributed by atoms with Crippen molar-refractivity contribution in [1.29, 1.82) is 0 Å². The number of hydrogen-bond donors (Lipinski definition) is 1. The molecular weight excluding hydrogens is 300 g/mol. The van der Waals surface area contributed by atoms with Crippen molar-refractivity contribution in [3.8, 4) is 5.69 Å². The molecule has 120 valence electrons. The maximum absolute atomic E-state index is 12.7. The smallest absolute Gasteiger partial charge is 0.251 e. The first kappa shape index (κ1) is 14.6. The van der Waals surface area contributed by atoms with E-state index in [-0.39, 0.29) is 11.4 Å². The molecule has 1 fully saturated rings. The SMILES string of the molecule is O=C(NC1(c2ccccc2)CCC1)c1ccc(-n2cncn2)cc1. The molecule has 5 nitrogen and oxygen atoms in total. The van der Waals surface area contributed by atoms with Crippen molar-refractivity contribution in [2.24, 2.45) is 0 Å². The zero-order valence-corrected chi connectivity index (χ0v) is 13.2. The van der Waals surface area contributed by atoms with Crippen LogP contribution in [-0.2, 0) is 5.54 Å². The van der Waals surface area contributed by atoms with E-state index in [0.29, 0.717) is 5.56 Å². The lowest BCUT2D eigenvalue weighted by molar-refractivity contribution is 0.0823. The Morgan fingerprint density at radius 1 is 1.04 bits per heavy atom. The van der Waals surface area contributed by atoms with Crippen molar-refractivity contribution in [3.63, 3.8) is 0 Å². The fourth-order valence-electron chi connectivity index (χ4n) is 3.17. The van der Waals surface area contributed by atoms with Gasteiger partial charge in [-0.25, -0.2) is 9.67 Å². The van der Waals surface area contributed by atoms with Crippen LogP contribution in [0.3, 0.4) is 0 Å². The van der Waals surface area contributed by atoms with Crippen LogP contribution in [-0.4, -0.2) is 20.7 Å². The molecule has 1 N–H and O–H groups in total. The number of carbonyl (C=O) groups is 1. The lowest BCUT2D eigenvalue weighted by Gasteiger charge is -2.43. The molecule has 24 heavy (non-hydrogen) atoms. The van der Waals surface area contributed by atoms with Gasteiger partial charge in [-0.3, -0.25) is 4.79 Å². The molecule has 1 saturated carbocycles. The first-order valence-corrected chi connectivity index (χ1v) is 8.10. The third-order valence-electron chi connectivity index (χ3n) is 4.70. The Labute approximate surface area is 140 Å². The number of benzene rings is 2. The highest BCUT2D eigenvalue weighted by Gasteiger charge is 2.39. The summed E-state index contributed by atoms with van der Waals surface area (Å²) in [6, 6.07) is 17.6. The van der Waals surface area contributed by atoms with Crippen LogP contribution in [0.5, 0.6) is 0 Å². The predicted molar refractivity (Wildman–Crippen MR) is 90.8 cm³/mol. The van der Waals surface area contributed by atoms with E-state index >= 15 is 0 Å². The molecule has 0 unspecified atom stereocenters. The molecule has 1 amide bonds. The Morgan fingerprint density at radius 2 is 1.79 bits per heavy atom. The number of aromatic nitrogens is 3. The van der Waals surface area contributed by atoms with E-state index in [0.717, 1.165) is 24.9 Å². The largest absolute Gasteiger partial charge is 0.343 e. The molecule has 0 aliphatic heterocycles. The Bertz CT molecular complexity index is 822. The van der Waals surface area contributed by atoms with Gasteiger partial charge < -0.3 is 5.32 Å². The third-order valence-corrected chi connectivity index (χ3v) is 4.70. The fourth-order valence-corrected chi connectivity index (χ4v) is 3.17. The summed E-state index contributed by atoms with van der Waals surface area (Å²) in [4.78, 5) is 16.6. The van der Waals surface area contributed by atoms with Crippen molar-refractivity contribution in [1.82, 2.24) is 20.1 Å². The summed E-state index contributed by atoms with van der Waals surface area (Å²) in [6.45, 7) is 0. The Balaban J connectivity index is 1.53. The number of nitrogens with zero attached hydrogens (tertiary/aromatic N) is 3.